The molecule has 0 aliphatic heterocycles. The van der Waals surface area contributed by atoms with Gasteiger partial charge in [-0.25, -0.2) is 9.59 Å². The Morgan fingerprint density at radius 2 is 1.11 bits per heavy atom. The number of methoxy groups -OCH3 is 1. The van der Waals surface area contributed by atoms with Gasteiger partial charge in [0.1, 0.15) is 5.60 Å². The van der Waals surface area contributed by atoms with Crippen LogP contribution in [0.5, 0.6) is 0 Å². The lowest BCUT2D eigenvalue weighted by Gasteiger charge is -2.38. The molecule has 3 aromatic rings. The highest BCUT2D eigenvalue weighted by Gasteiger charge is 2.39. The van der Waals surface area contributed by atoms with Gasteiger partial charge in [-0.2, -0.15) is 15.0 Å². The molecule has 12 nitrogen and oxygen atoms in total. The van der Waals surface area contributed by atoms with Crippen molar-refractivity contribution >= 4 is 66.4 Å². The van der Waals surface area contributed by atoms with Crippen molar-refractivity contribution in [2.45, 2.75) is 84.7 Å². The second kappa shape index (κ2) is 15.5. The molecular weight excluding hydrogens is 649 g/mol. The first-order valence-electron chi connectivity index (χ1n) is 15.7. The van der Waals surface area contributed by atoms with Gasteiger partial charge >= 0.3 is 20.5 Å². The summed E-state index contributed by atoms with van der Waals surface area (Å²) in [5.74, 6) is 0.151. The second-order valence-corrected chi connectivity index (χ2v) is 27.1. The molecule has 1 heterocycles. The minimum Gasteiger partial charge on any atom is -0.465 e. The number of carbonyl (C=O) groups is 2. The highest BCUT2D eigenvalue weighted by atomic mass is 28.5. The Morgan fingerprint density at radius 3 is 1.51 bits per heavy atom. The fourth-order valence-corrected chi connectivity index (χ4v) is 17.2. The van der Waals surface area contributed by atoms with Gasteiger partial charge < -0.3 is 33.7 Å². The molecule has 47 heavy (non-hydrogen) atoms. The van der Waals surface area contributed by atoms with Crippen LogP contribution in [0, 0.1) is 0 Å². The lowest BCUT2D eigenvalue weighted by molar-refractivity contribution is 0.00693. The number of ether oxygens (including phenoxy) is 2. The molecular formula is C32H50N6O6Si3. The molecule has 0 atom stereocenters. The van der Waals surface area contributed by atoms with E-state index < -0.39 is 42.7 Å². The zero-order valence-corrected chi connectivity index (χ0v) is 32.5. The molecule has 15 heteroatoms. The summed E-state index contributed by atoms with van der Waals surface area (Å²) in [6, 6.07) is 14.5. The average molecular weight is 699 g/mol. The summed E-state index contributed by atoms with van der Waals surface area (Å²) < 4.78 is 23.6. The van der Waals surface area contributed by atoms with Gasteiger partial charge in [-0.1, -0.05) is 0 Å². The number of hydrogen-bond acceptors (Lipinski definition) is 12. The van der Waals surface area contributed by atoms with Gasteiger partial charge in [0.05, 0.1) is 18.2 Å². The Morgan fingerprint density at radius 1 is 0.681 bits per heavy atom. The number of nitrogens with zero attached hydrogens (tertiary/aromatic N) is 3. The first-order valence-corrected chi connectivity index (χ1v) is 25.0. The van der Waals surface area contributed by atoms with Crippen LogP contribution in [0.25, 0.3) is 0 Å². The third-order valence-corrected chi connectivity index (χ3v) is 15.7. The fourth-order valence-electron chi connectivity index (χ4n) is 4.69. The van der Waals surface area contributed by atoms with Gasteiger partial charge in [0.2, 0.25) is 17.8 Å². The lowest BCUT2D eigenvalue weighted by atomic mass is 10.1. The minimum absolute atomic E-state index is 0.296. The van der Waals surface area contributed by atoms with Crippen LogP contribution < -0.4 is 16.0 Å². The van der Waals surface area contributed by atoms with Gasteiger partial charge in [0, 0.05) is 17.9 Å². The topological polar surface area (TPSA) is 146 Å². The minimum atomic E-state index is -2.38. The predicted octanol–water partition coefficient (Wildman–Crippen LogP) is 7.68. The van der Waals surface area contributed by atoms with Crippen molar-refractivity contribution in [2.75, 3.05) is 29.6 Å². The van der Waals surface area contributed by atoms with Crippen molar-refractivity contribution in [1.29, 1.82) is 0 Å². The summed E-state index contributed by atoms with van der Waals surface area (Å²) >= 11 is 0. The van der Waals surface area contributed by atoms with E-state index in [-0.39, 0.29) is 0 Å². The second-order valence-electron chi connectivity index (χ2n) is 14.3. The van der Waals surface area contributed by atoms with Crippen LogP contribution in [-0.2, 0) is 17.7 Å². The van der Waals surface area contributed by atoms with Crippen molar-refractivity contribution in [1.82, 2.24) is 15.0 Å². The number of anilines is 5. The molecule has 2 aromatic carbocycles. The van der Waals surface area contributed by atoms with E-state index in [1.165, 1.54) is 7.11 Å². The highest BCUT2D eigenvalue weighted by molar-refractivity contribution is 6.87. The molecule has 0 bridgehead atoms. The van der Waals surface area contributed by atoms with E-state index in [9.17, 15) is 9.59 Å². The Hall–Kier alpha value is -3.64. The van der Waals surface area contributed by atoms with Crippen LogP contribution in [0.3, 0.4) is 0 Å². The third kappa shape index (κ3) is 13.6. The fraction of sp³-hybridized carbons (Fsp3) is 0.469. The summed E-state index contributed by atoms with van der Waals surface area (Å²) in [7, 11) is -4.64. The van der Waals surface area contributed by atoms with Crippen molar-refractivity contribution in [3.8, 4) is 0 Å². The number of aromatic nitrogens is 3. The smallest absolute Gasteiger partial charge is 0.338 e. The summed E-state index contributed by atoms with van der Waals surface area (Å²) in [5.41, 5.74) is 1.63. The van der Waals surface area contributed by atoms with Gasteiger partial charge in [-0.3, -0.25) is 0 Å². The van der Waals surface area contributed by atoms with E-state index in [0.29, 0.717) is 46.9 Å². The Bertz CT molecular complexity index is 1490. The monoisotopic (exact) mass is 698 g/mol. The Balaban J connectivity index is 1.80. The number of benzene rings is 2. The summed E-state index contributed by atoms with van der Waals surface area (Å²) in [5, 5.41) is 9.73. The highest BCUT2D eigenvalue weighted by Crippen LogP contribution is 2.26. The van der Waals surface area contributed by atoms with Crippen molar-refractivity contribution in [2.24, 2.45) is 0 Å². The molecule has 3 rings (SSSR count). The molecule has 0 saturated carbocycles. The predicted molar refractivity (Wildman–Crippen MR) is 194 cm³/mol. The van der Waals surface area contributed by atoms with Gasteiger partial charge in [0.15, 0.2) is 16.6 Å². The van der Waals surface area contributed by atoms with Crippen molar-refractivity contribution in [3.05, 3.63) is 59.7 Å². The number of nitrogens with one attached hydrogen (secondary N) is 3. The van der Waals surface area contributed by atoms with Crippen LogP contribution >= 0.6 is 0 Å². The normalized spacial score (nSPS) is 12.3. The summed E-state index contributed by atoms with van der Waals surface area (Å²) in [6.45, 7) is 21.5. The first kappa shape index (κ1) is 37.8. The molecule has 0 fully saturated rings. The van der Waals surface area contributed by atoms with E-state index in [1.54, 1.807) is 48.5 Å². The lowest BCUT2D eigenvalue weighted by Crippen LogP contribution is -2.52. The van der Waals surface area contributed by atoms with Crippen molar-refractivity contribution < 1.29 is 27.3 Å². The number of esters is 2. The Kier molecular flexibility index (Phi) is 12.5. The molecule has 0 aliphatic rings. The maximum Gasteiger partial charge on any atom is 0.338 e. The van der Waals surface area contributed by atoms with E-state index >= 15 is 0 Å². The van der Waals surface area contributed by atoms with Crippen LogP contribution in [-0.4, -0.2) is 71.3 Å². The van der Waals surface area contributed by atoms with Gasteiger partial charge in [-0.05, 0) is 128 Å². The van der Waals surface area contributed by atoms with Gasteiger partial charge in [-0.15, -0.1) is 0 Å². The zero-order chi connectivity index (χ0) is 35.0. The number of rotatable bonds is 15. The number of hydrogen-bond donors (Lipinski definition) is 3. The SMILES string of the molecule is COC(=O)c1ccc(Nc2nc(NCCC[Si](C)(O[Si](C)(C)C)O[Si](C)(C)C)nc(Nc3ccc(C(=O)OC(C)(C)C)cc3)n2)cc1. The molecule has 0 unspecified atom stereocenters. The molecule has 0 saturated heterocycles. The van der Waals surface area contributed by atoms with E-state index in [2.05, 4.69) is 76.7 Å². The molecule has 0 spiro atoms. The molecule has 3 N–H and O–H groups in total. The Labute approximate surface area is 281 Å². The maximum absolute atomic E-state index is 12.5. The molecule has 0 amide bonds. The van der Waals surface area contributed by atoms with E-state index in [0.717, 1.165) is 12.5 Å². The van der Waals surface area contributed by atoms with Gasteiger partial charge in [0.25, 0.3) is 0 Å². The average Bonchev–Trinajstić information content (AvgIpc) is 2.93. The molecule has 1 aromatic heterocycles. The van der Waals surface area contributed by atoms with E-state index in [1.807, 2.05) is 20.8 Å². The van der Waals surface area contributed by atoms with E-state index in [4.69, 9.17) is 17.7 Å². The summed E-state index contributed by atoms with van der Waals surface area (Å²) in [4.78, 5) is 38.1. The summed E-state index contributed by atoms with van der Waals surface area (Å²) in [6.07, 6.45) is 0.815. The molecule has 256 valence electrons. The molecule has 0 radical (unpaired) electrons. The van der Waals surface area contributed by atoms with Crippen LogP contribution in [0.4, 0.5) is 29.2 Å². The zero-order valence-electron chi connectivity index (χ0n) is 29.5. The van der Waals surface area contributed by atoms with Crippen LogP contribution in [0.2, 0.25) is 51.9 Å². The van der Waals surface area contributed by atoms with Crippen LogP contribution in [0.1, 0.15) is 47.9 Å². The standard InChI is InChI=1S/C32H50N6O6Si3/c1-32(2,3)42-28(40)24-15-19-26(20-16-24)35-31-37-29(33-21-12-22-47(11,43-45(5,6)7)44-46(8,9)10)36-30(38-31)34-25-17-13-23(14-18-25)27(39)41-4/h13-20H,12,21-22H2,1-11H3,(H3,33,34,35,36,37,38). The largest absolute Gasteiger partial charge is 0.465 e. The molecule has 0 aliphatic carbocycles. The maximum atomic E-state index is 12.5. The number of carbonyl (C=O) groups excluding carboxylic acids is 2. The first-order chi connectivity index (χ1) is 21.7. The van der Waals surface area contributed by atoms with Crippen molar-refractivity contribution in [3.63, 3.8) is 0 Å². The third-order valence-electron chi connectivity index (χ3n) is 6.11. The quantitative estimate of drug-likeness (QED) is 0.0813. The van der Waals surface area contributed by atoms with Crippen LogP contribution in [0.15, 0.2) is 48.5 Å².